The first-order valence-corrected chi connectivity index (χ1v) is 6.83. The lowest BCUT2D eigenvalue weighted by molar-refractivity contribution is -0.123. The highest BCUT2D eigenvalue weighted by molar-refractivity contribution is 5.82. The first-order valence-electron chi connectivity index (χ1n) is 6.83. The molecule has 4 heteroatoms. The second-order valence-electron chi connectivity index (χ2n) is 4.26. The van der Waals surface area contributed by atoms with Crippen LogP contribution in [0.4, 0.5) is 5.69 Å². The van der Waals surface area contributed by atoms with Gasteiger partial charge in [0.05, 0.1) is 11.6 Å². The van der Waals surface area contributed by atoms with Gasteiger partial charge in [-0.05, 0) is 32.4 Å². The van der Waals surface area contributed by atoms with Gasteiger partial charge in [-0.15, -0.1) is 6.58 Å². The van der Waals surface area contributed by atoms with E-state index in [1.807, 2.05) is 56.5 Å². The Labute approximate surface area is 127 Å². The number of para-hydroxylation sites is 1. The number of carbonyl (C=O) groups excluding carboxylic acids is 2. The molecule has 1 aromatic rings. The molecule has 1 rings (SSSR count). The smallest absolute Gasteiger partial charge is 0.245 e. The molecule has 1 amide bonds. The molecule has 1 atom stereocenters. The maximum atomic E-state index is 12.1. The quantitative estimate of drug-likeness (QED) is 0.497. The second kappa shape index (κ2) is 11.5. The molecule has 114 valence electrons. The van der Waals surface area contributed by atoms with Crippen molar-refractivity contribution < 1.29 is 9.59 Å². The summed E-state index contributed by atoms with van der Waals surface area (Å²) in [5.41, 5.74) is 3.81. The molecule has 21 heavy (non-hydrogen) atoms. The number of rotatable bonds is 6. The van der Waals surface area contributed by atoms with Gasteiger partial charge in [-0.1, -0.05) is 36.4 Å². The second-order valence-corrected chi connectivity index (χ2v) is 4.26. The summed E-state index contributed by atoms with van der Waals surface area (Å²) in [6, 6.07) is 9.70. The number of hydrogen-bond acceptors (Lipinski definition) is 3. The fourth-order valence-corrected chi connectivity index (χ4v) is 1.65. The van der Waals surface area contributed by atoms with Crippen molar-refractivity contribution in [3.63, 3.8) is 0 Å². The summed E-state index contributed by atoms with van der Waals surface area (Å²) >= 11 is 0. The Morgan fingerprint density at radius 3 is 2.38 bits per heavy atom. The summed E-state index contributed by atoms with van der Waals surface area (Å²) in [5.74, 6) is -0.196. The topological polar surface area (TPSA) is 49.4 Å². The third kappa shape index (κ3) is 7.72. The molecule has 0 saturated heterocycles. The van der Waals surface area contributed by atoms with E-state index in [1.165, 1.54) is 6.92 Å². The zero-order valence-corrected chi connectivity index (χ0v) is 13.0. The van der Waals surface area contributed by atoms with Gasteiger partial charge >= 0.3 is 0 Å². The fourth-order valence-electron chi connectivity index (χ4n) is 1.65. The van der Waals surface area contributed by atoms with Gasteiger partial charge in [-0.3, -0.25) is 15.2 Å². The van der Waals surface area contributed by atoms with Crippen molar-refractivity contribution in [3.05, 3.63) is 55.1 Å². The number of hydrogen-bond donors (Lipinski definition) is 1. The van der Waals surface area contributed by atoms with Crippen molar-refractivity contribution in [3.8, 4) is 0 Å². The molecule has 0 aliphatic heterocycles. The van der Waals surface area contributed by atoms with Crippen molar-refractivity contribution in [1.29, 1.82) is 0 Å². The van der Waals surface area contributed by atoms with Crippen LogP contribution >= 0.6 is 0 Å². The number of benzene rings is 1. The minimum Gasteiger partial charge on any atom is -0.304 e. The third-order valence-corrected chi connectivity index (χ3v) is 2.60. The largest absolute Gasteiger partial charge is 0.304 e. The third-order valence-electron chi connectivity index (χ3n) is 2.60. The van der Waals surface area contributed by atoms with Crippen LogP contribution in [-0.2, 0) is 9.59 Å². The number of hydrazine groups is 1. The summed E-state index contributed by atoms with van der Waals surface area (Å²) in [6.45, 7) is 7.03. The molecule has 0 radical (unpaired) electrons. The van der Waals surface area contributed by atoms with Gasteiger partial charge in [0.1, 0.15) is 6.29 Å². The summed E-state index contributed by atoms with van der Waals surface area (Å²) < 4.78 is 0. The Morgan fingerprint density at radius 1 is 1.33 bits per heavy atom. The van der Waals surface area contributed by atoms with Crippen LogP contribution in [0.2, 0.25) is 0 Å². The molecule has 4 nitrogen and oxygen atoms in total. The van der Waals surface area contributed by atoms with Crippen LogP contribution in [0, 0.1) is 5.92 Å². The van der Waals surface area contributed by atoms with Crippen molar-refractivity contribution in [2.75, 3.05) is 12.1 Å². The van der Waals surface area contributed by atoms with Crippen molar-refractivity contribution in [1.82, 2.24) is 5.43 Å². The maximum absolute atomic E-state index is 12.1. The molecule has 0 bridgehead atoms. The van der Waals surface area contributed by atoms with Gasteiger partial charge in [-0.25, -0.2) is 0 Å². The van der Waals surface area contributed by atoms with E-state index in [-0.39, 0.29) is 11.8 Å². The van der Waals surface area contributed by atoms with Crippen LogP contribution in [0.25, 0.3) is 0 Å². The Kier molecular flexibility index (Phi) is 10.2. The maximum Gasteiger partial charge on any atom is 0.245 e. The monoisotopic (exact) mass is 288 g/mol. The minimum atomic E-state index is -0.168. The van der Waals surface area contributed by atoms with E-state index in [4.69, 9.17) is 4.79 Å². The summed E-state index contributed by atoms with van der Waals surface area (Å²) in [4.78, 5) is 20.9. The minimum absolute atomic E-state index is 0.0284. The van der Waals surface area contributed by atoms with Crippen molar-refractivity contribution in [2.45, 2.75) is 20.3 Å². The first kappa shape index (κ1) is 18.6. The predicted molar refractivity (Wildman–Crippen MR) is 87.8 cm³/mol. The normalized spacial score (nSPS) is 11.0. The molecule has 0 spiro atoms. The highest BCUT2D eigenvalue weighted by Crippen LogP contribution is 2.11. The van der Waals surface area contributed by atoms with E-state index in [0.29, 0.717) is 6.42 Å². The molecule has 0 aliphatic carbocycles. The number of amides is 1. The predicted octanol–water partition coefficient (Wildman–Crippen LogP) is 3.13. The Hall–Kier alpha value is -2.36. The number of nitrogens with one attached hydrogen (secondary N) is 1. The zero-order chi connectivity index (χ0) is 16.1. The van der Waals surface area contributed by atoms with Gasteiger partial charge in [0.25, 0.3) is 0 Å². The molecule has 1 aromatic carbocycles. The average molecular weight is 288 g/mol. The number of allylic oxidation sites excluding steroid dienone is 2. The highest BCUT2D eigenvalue weighted by Gasteiger charge is 2.15. The first-order chi connectivity index (χ1) is 10.1. The van der Waals surface area contributed by atoms with Crippen molar-refractivity contribution >= 4 is 17.9 Å². The fraction of sp³-hybridized carbons (Fsp3) is 0.294. The summed E-state index contributed by atoms with van der Waals surface area (Å²) in [6.07, 6.45) is 6.91. The molecule has 0 aromatic heterocycles. The lowest BCUT2D eigenvalue weighted by atomic mass is 10.0. The Balaban J connectivity index is 0.00000122. The van der Waals surface area contributed by atoms with Gasteiger partial charge in [0.15, 0.2) is 0 Å². The molecular formula is C17H24N2O2. The van der Waals surface area contributed by atoms with Gasteiger partial charge in [0, 0.05) is 7.05 Å². The standard InChI is InChI=1S/C15H20N2O.C2H4O/c1-4-9-13(10-5-2)15(18)16-17(3)14-11-7-6-8-12-14;1-2-3/h4-8,10-13H,1,9H2,2-3H3,(H,16,18);2H,1H3/b10-5-;. The van der Waals surface area contributed by atoms with E-state index in [1.54, 1.807) is 11.1 Å². The van der Waals surface area contributed by atoms with Crippen LogP contribution in [0.5, 0.6) is 0 Å². The molecule has 0 heterocycles. The molecule has 1 N–H and O–H groups in total. The number of carbonyl (C=O) groups is 2. The lowest BCUT2D eigenvalue weighted by Crippen LogP contribution is -2.42. The van der Waals surface area contributed by atoms with Crippen LogP contribution in [0.1, 0.15) is 20.3 Å². The Morgan fingerprint density at radius 2 is 1.90 bits per heavy atom. The van der Waals surface area contributed by atoms with E-state index in [9.17, 15) is 4.79 Å². The zero-order valence-electron chi connectivity index (χ0n) is 13.0. The van der Waals surface area contributed by atoms with Crippen LogP contribution in [0.3, 0.4) is 0 Å². The molecule has 0 aliphatic rings. The van der Waals surface area contributed by atoms with E-state index in [0.717, 1.165) is 12.0 Å². The number of nitrogens with zero attached hydrogens (tertiary/aromatic N) is 1. The van der Waals surface area contributed by atoms with Gasteiger partial charge in [-0.2, -0.15) is 0 Å². The SMILES string of the molecule is C=CCC(/C=C\C)C(=O)NN(C)c1ccccc1.CC=O. The highest BCUT2D eigenvalue weighted by atomic mass is 16.2. The lowest BCUT2D eigenvalue weighted by Gasteiger charge is -2.22. The molecule has 1 unspecified atom stereocenters. The number of anilines is 1. The van der Waals surface area contributed by atoms with E-state index in [2.05, 4.69) is 12.0 Å². The molecule has 0 fully saturated rings. The van der Waals surface area contributed by atoms with E-state index >= 15 is 0 Å². The average Bonchev–Trinajstić information content (AvgIpc) is 2.48. The van der Waals surface area contributed by atoms with Crippen LogP contribution in [-0.4, -0.2) is 19.2 Å². The summed E-state index contributed by atoms with van der Waals surface area (Å²) in [5, 5.41) is 1.72. The number of aldehydes is 1. The molecule has 0 saturated carbocycles. The van der Waals surface area contributed by atoms with Crippen LogP contribution < -0.4 is 10.4 Å². The van der Waals surface area contributed by atoms with Gasteiger partial charge < -0.3 is 4.79 Å². The Bertz CT molecular complexity index is 455. The van der Waals surface area contributed by atoms with Gasteiger partial charge in [0.2, 0.25) is 5.91 Å². The van der Waals surface area contributed by atoms with Crippen LogP contribution in [0.15, 0.2) is 55.1 Å². The summed E-state index contributed by atoms with van der Waals surface area (Å²) in [7, 11) is 1.83. The van der Waals surface area contributed by atoms with Crippen molar-refractivity contribution in [2.24, 2.45) is 5.92 Å². The molecular weight excluding hydrogens is 264 g/mol. The van der Waals surface area contributed by atoms with E-state index < -0.39 is 0 Å².